The van der Waals surface area contributed by atoms with Crippen LogP contribution in [0.2, 0.25) is 0 Å². The molecule has 1 amide bonds. The third-order valence-corrected chi connectivity index (χ3v) is 5.15. The Bertz CT molecular complexity index is 966. The van der Waals surface area contributed by atoms with Crippen molar-refractivity contribution >= 4 is 16.9 Å². The monoisotopic (exact) mass is 348 g/mol. The number of aromatic nitrogens is 3. The highest BCUT2D eigenvalue weighted by molar-refractivity contribution is 6.07. The lowest BCUT2D eigenvalue weighted by Gasteiger charge is -2.17. The minimum absolute atomic E-state index is 0.0991. The molecule has 134 valence electrons. The lowest BCUT2D eigenvalue weighted by molar-refractivity contribution is 0.0794. The van der Waals surface area contributed by atoms with Crippen molar-refractivity contribution in [1.29, 1.82) is 0 Å². The standard InChI is InChI=1S/C21H24N4O/c1-4-25-20-19(15(3)23-25)17(21(26)24-11-5-6-12-24)13-18(22-20)16-9-7-14(2)8-10-16/h7-10,13H,4-6,11-12H2,1-3H3. The molecule has 1 fully saturated rings. The number of rotatable bonds is 3. The van der Waals surface area contributed by atoms with Crippen molar-refractivity contribution in [3.63, 3.8) is 0 Å². The summed E-state index contributed by atoms with van der Waals surface area (Å²) in [7, 11) is 0. The maximum atomic E-state index is 13.2. The van der Waals surface area contributed by atoms with Crippen molar-refractivity contribution < 1.29 is 4.79 Å². The van der Waals surface area contributed by atoms with Crippen molar-refractivity contribution in [3.8, 4) is 11.3 Å². The van der Waals surface area contributed by atoms with E-state index in [0.29, 0.717) is 0 Å². The van der Waals surface area contributed by atoms with Gasteiger partial charge in [0.2, 0.25) is 0 Å². The number of aryl methyl sites for hydroxylation is 3. The van der Waals surface area contributed by atoms with Crippen LogP contribution in [0.3, 0.4) is 0 Å². The first kappa shape index (κ1) is 16.8. The van der Waals surface area contributed by atoms with E-state index in [4.69, 9.17) is 4.98 Å². The first-order chi connectivity index (χ1) is 12.6. The Morgan fingerprint density at radius 1 is 1.12 bits per heavy atom. The van der Waals surface area contributed by atoms with Gasteiger partial charge in [-0.2, -0.15) is 5.10 Å². The average molecular weight is 348 g/mol. The van der Waals surface area contributed by atoms with Gasteiger partial charge in [0.15, 0.2) is 5.65 Å². The van der Waals surface area contributed by atoms with Gasteiger partial charge in [0.1, 0.15) is 0 Å². The molecule has 26 heavy (non-hydrogen) atoms. The Labute approximate surface area is 153 Å². The van der Waals surface area contributed by atoms with Gasteiger partial charge in [0, 0.05) is 25.2 Å². The number of carbonyl (C=O) groups is 1. The Kier molecular flexibility index (Phi) is 4.23. The first-order valence-corrected chi connectivity index (χ1v) is 9.33. The second kappa shape index (κ2) is 6.56. The van der Waals surface area contributed by atoms with Gasteiger partial charge in [-0.15, -0.1) is 0 Å². The van der Waals surface area contributed by atoms with E-state index in [0.717, 1.165) is 66.0 Å². The average Bonchev–Trinajstić information content (AvgIpc) is 3.29. The van der Waals surface area contributed by atoms with Crippen molar-refractivity contribution in [2.24, 2.45) is 0 Å². The molecule has 1 saturated heterocycles. The fourth-order valence-electron chi connectivity index (χ4n) is 3.71. The second-order valence-electron chi connectivity index (χ2n) is 7.02. The summed E-state index contributed by atoms with van der Waals surface area (Å²) >= 11 is 0. The van der Waals surface area contributed by atoms with Crippen LogP contribution in [-0.2, 0) is 6.54 Å². The molecular formula is C21H24N4O. The number of carbonyl (C=O) groups excluding carboxylic acids is 1. The zero-order chi connectivity index (χ0) is 18.3. The molecule has 4 rings (SSSR count). The fourth-order valence-corrected chi connectivity index (χ4v) is 3.71. The van der Waals surface area contributed by atoms with E-state index >= 15 is 0 Å². The van der Waals surface area contributed by atoms with Crippen molar-refractivity contribution in [2.75, 3.05) is 13.1 Å². The van der Waals surface area contributed by atoms with Crippen LogP contribution in [-0.4, -0.2) is 38.7 Å². The zero-order valence-corrected chi connectivity index (χ0v) is 15.6. The minimum Gasteiger partial charge on any atom is -0.339 e. The number of fused-ring (bicyclic) bond motifs is 1. The number of likely N-dealkylation sites (tertiary alicyclic amines) is 1. The van der Waals surface area contributed by atoms with Crippen LogP contribution in [0.1, 0.15) is 41.4 Å². The summed E-state index contributed by atoms with van der Waals surface area (Å²) in [6, 6.07) is 10.2. The number of hydrogen-bond acceptors (Lipinski definition) is 3. The highest BCUT2D eigenvalue weighted by Crippen LogP contribution is 2.29. The summed E-state index contributed by atoms with van der Waals surface area (Å²) in [5.41, 5.74) is 5.45. The number of nitrogens with zero attached hydrogens (tertiary/aromatic N) is 4. The zero-order valence-electron chi connectivity index (χ0n) is 15.6. The van der Waals surface area contributed by atoms with Gasteiger partial charge in [-0.25, -0.2) is 9.67 Å². The van der Waals surface area contributed by atoms with E-state index in [9.17, 15) is 4.79 Å². The van der Waals surface area contributed by atoms with Crippen LogP contribution in [0, 0.1) is 13.8 Å². The van der Waals surface area contributed by atoms with E-state index in [1.54, 1.807) is 0 Å². The normalized spacial score (nSPS) is 14.3. The van der Waals surface area contributed by atoms with Crippen molar-refractivity contribution in [2.45, 2.75) is 40.2 Å². The van der Waals surface area contributed by atoms with Gasteiger partial charge in [0.05, 0.1) is 22.3 Å². The predicted octanol–water partition coefficient (Wildman–Crippen LogP) is 3.97. The van der Waals surface area contributed by atoms with Gasteiger partial charge in [-0.05, 0) is 39.7 Å². The quantitative estimate of drug-likeness (QED) is 0.719. The van der Waals surface area contributed by atoms with Gasteiger partial charge in [-0.3, -0.25) is 4.79 Å². The summed E-state index contributed by atoms with van der Waals surface area (Å²) in [5.74, 6) is 0.0991. The molecule has 1 aliphatic heterocycles. The summed E-state index contributed by atoms with van der Waals surface area (Å²) < 4.78 is 1.89. The van der Waals surface area contributed by atoms with Crippen LogP contribution in [0.4, 0.5) is 0 Å². The lowest BCUT2D eigenvalue weighted by atomic mass is 10.0. The molecule has 0 unspecified atom stereocenters. The number of pyridine rings is 1. The van der Waals surface area contributed by atoms with Crippen molar-refractivity contribution in [3.05, 3.63) is 47.2 Å². The fraction of sp³-hybridized carbons (Fsp3) is 0.381. The van der Waals surface area contributed by atoms with Gasteiger partial charge in [-0.1, -0.05) is 29.8 Å². The highest BCUT2D eigenvalue weighted by Gasteiger charge is 2.25. The molecule has 2 aromatic heterocycles. The Balaban J connectivity index is 1.94. The molecule has 0 N–H and O–H groups in total. The maximum absolute atomic E-state index is 13.2. The topological polar surface area (TPSA) is 51.0 Å². The van der Waals surface area contributed by atoms with Crippen LogP contribution in [0.25, 0.3) is 22.3 Å². The van der Waals surface area contributed by atoms with Crippen LogP contribution < -0.4 is 0 Å². The number of hydrogen-bond donors (Lipinski definition) is 0. The summed E-state index contributed by atoms with van der Waals surface area (Å²) in [5, 5.41) is 5.50. The van der Waals surface area contributed by atoms with E-state index in [-0.39, 0.29) is 5.91 Å². The Morgan fingerprint density at radius 3 is 2.46 bits per heavy atom. The smallest absolute Gasteiger partial charge is 0.254 e. The third-order valence-electron chi connectivity index (χ3n) is 5.15. The van der Waals surface area contributed by atoms with Crippen molar-refractivity contribution in [1.82, 2.24) is 19.7 Å². The van der Waals surface area contributed by atoms with Gasteiger partial charge >= 0.3 is 0 Å². The molecule has 1 aliphatic rings. The Hall–Kier alpha value is -2.69. The van der Waals surface area contributed by atoms with E-state index in [2.05, 4.69) is 36.3 Å². The third kappa shape index (κ3) is 2.77. The van der Waals surface area contributed by atoms with Crippen LogP contribution >= 0.6 is 0 Å². The predicted molar refractivity (Wildman–Crippen MR) is 103 cm³/mol. The molecule has 0 bridgehead atoms. The van der Waals surface area contributed by atoms with E-state index < -0.39 is 0 Å². The number of benzene rings is 1. The maximum Gasteiger partial charge on any atom is 0.254 e. The first-order valence-electron chi connectivity index (χ1n) is 9.33. The van der Waals surface area contributed by atoms with E-state index in [1.807, 2.05) is 29.5 Å². The van der Waals surface area contributed by atoms with Crippen LogP contribution in [0.5, 0.6) is 0 Å². The van der Waals surface area contributed by atoms with Crippen LogP contribution in [0.15, 0.2) is 30.3 Å². The highest BCUT2D eigenvalue weighted by atomic mass is 16.2. The summed E-state index contributed by atoms with van der Waals surface area (Å²) in [6.07, 6.45) is 2.16. The summed E-state index contributed by atoms with van der Waals surface area (Å²) in [6.45, 7) is 8.48. The van der Waals surface area contributed by atoms with Gasteiger partial charge < -0.3 is 4.90 Å². The molecular weight excluding hydrogens is 324 g/mol. The molecule has 0 saturated carbocycles. The molecule has 0 spiro atoms. The lowest BCUT2D eigenvalue weighted by Crippen LogP contribution is -2.28. The van der Waals surface area contributed by atoms with Gasteiger partial charge in [0.25, 0.3) is 5.91 Å². The number of amides is 1. The molecule has 0 radical (unpaired) electrons. The molecule has 5 heteroatoms. The SMILES string of the molecule is CCn1nc(C)c2c(C(=O)N3CCCC3)cc(-c3ccc(C)cc3)nc21. The summed E-state index contributed by atoms with van der Waals surface area (Å²) in [4.78, 5) is 20.0. The molecule has 1 aromatic carbocycles. The molecule has 3 aromatic rings. The molecule has 3 heterocycles. The second-order valence-corrected chi connectivity index (χ2v) is 7.02. The largest absolute Gasteiger partial charge is 0.339 e. The molecule has 0 aliphatic carbocycles. The van der Waals surface area contributed by atoms with E-state index in [1.165, 1.54) is 5.56 Å². The minimum atomic E-state index is 0.0991. The Morgan fingerprint density at radius 2 is 1.81 bits per heavy atom. The molecule has 0 atom stereocenters. The molecule has 5 nitrogen and oxygen atoms in total.